The molecule has 29 heavy (non-hydrogen) atoms. The Hall–Kier alpha value is -3.16. The number of furan rings is 1. The van der Waals surface area contributed by atoms with Crippen LogP contribution in [0.25, 0.3) is 21.4 Å². The summed E-state index contributed by atoms with van der Waals surface area (Å²) in [5.74, 6) is -0.126. The number of aromatic nitrogens is 1. The van der Waals surface area contributed by atoms with E-state index >= 15 is 0 Å². The van der Waals surface area contributed by atoms with Crippen LogP contribution in [0, 0.1) is 0 Å². The molecule has 0 spiro atoms. The van der Waals surface area contributed by atoms with E-state index in [0.29, 0.717) is 4.88 Å². The molecule has 0 aliphatic carbocycles. The van der Waals surface area contributed by atoms with Gasteiger partial charge < -0.3 is 20.0 Å². The van der Waals surface area contributed by atoms with Crippen molar-refractivity contribution in [1.29, 1.82) is 0 Å². The molecule has 4 aromatic rings. The summed E-state index contributed by atoms with van der Waals surface area (Å²) in [6.07, 6.45) is 5.23. The highest BCUT2D eigenvalue weighted by Crippen LogP contribution is 2.35. The minimum absolute atomic E-state index is 0.126. The third-order valence-electron chi connectivity index (χ3n) is 5.08. The summed E-state index contributed by atoms with van der Waals surface area (Å²) in [5, 5.41) is 7.44. The summed E-state index contributed by atoms with van der Waals surface area (Å²) >= 11 is 1.46. The number of pyridine rings is 1. The lowest BCUT2D eigenvalue weighted by molar-refractivity contribution is 0.103. The van der Waals surface area contributed by atoms with Crippen molar-refractivity contribution in [3.8, 4) is 10.4 Å². The molecule has 3 aromatic heterocycles. The predicted octanol–water partition coefficient (Wildman–Crippen LogP) is 4.22. The zero-order valence-corrected chi connectivity index (χ0v) is 16.5. The average molecular weight is 404 g/mol. The van der Waals surface area contributed by atoms with Crippen molar-refractivity contribution in [3.05, 3.63) is 66.0 Å². The molecule has 7 heteroatoms. The van der Waals surface area contributed by atoms with Gasteiger partial charge in [-0.2, -0.15) is 0 Å². The first kappa shape index (κ1) is 17.9. The Kier molecular flexibility index (Phi) is 4.75. The van der Waals surface area contributed by atoms with Gasteiger partial charge in [0.2, 0.25) is 0 Å². The lowest BCUT2D eigenvalue weighted by Gasteiger charge is -2.30. The van der Waals surface area contributed by atoms with Crippen LogP contribution in [0.2, 0.25) is 0 Å². The van der Waals surface area contributed by atoms with Crippen LogP contribution in [0.5, 0.6) is 0 Å². The first-order valence-electron chi connectivity index (χ1n) is 9.57. The minimum atomic E-state index is -0.126. The quantitative estimate of drug-likeness (QED) is 0.533. The third kappa shape index (κ3) is 3.50. The largest absolute Gasteiger partial charge is 0.464 e. The van der Waals surface area contributed by atoms with Crippen molar-refractivity contribution in [2.24, 2.45) is 0 Å². The van der Waals surface area contributed by atoms with Crippen LogP contribution in [0.15, 0.2) is 65.5 Å². The summed E-state index contributed by atoms with van der Waals surface area (Å²) in [7, 11) is 0. The van der Waals surface area contributed by atoms with Gasteiger partial charge in [-0.15, -0.1) is 11.3 Å². The summed E-state index contributed by atoms with van der Waals surface area (Å²) in [5.41, 5.74) is 3.60. The topological polar surface area (TPSA) is 70.4 Å². The van der Waals surface area contributed by atoms with Gasteiger partial charge in [0, 0.05) is 48.2 Å². The van der Waals surface area contributed by atoms with Crippen LogP contribution in [0.4, 0.5) is 11.4 Å². The summed E-state index contributed by atoms with van der Waals surface area (Å²) < 4.78 is 5.64. The number of rotatable bonds is 4. The van der Waals surface area contributed by atoms with Crippen LogP contribution >= 0.6 is 11.3 Å². The first-order valence-corrected chi connectivity index (χ1v) is 10.4. The summed E-state index contributed by atoms with van der Waals surface area (Å²) in [6.45, 7) is 3.68. The maximum atomic E-state index is 12.9. The average Bonchev–Trinajstić information content (AvgIpc) is 3.42. The number of nitrogens with zero attached hydrogens (tertiary/aromatic N) is 2. The molecule has 0 atom stereocenters. The number of fused-ring (bicyclic) bond motifs is 1. The highest BCUT2D eigenvalue weighted by Gasteiger charge is 2.18. The zero-order valence-electron chi connectivity index (χ0n) is 15.7. The van der Waals surface area contributed by atoms with Gasteiger partial charge in [-0.25, -0.2) is 0 Å². The normalized spacial score (nSPS) is 14.3. The highest BCUT2D eigenvalue weighted by atomic mass is 32.1. The van der Waals surface area contributed by atoms with E-state index in [1.54, 1.807) is 18.7 Å². The number of hydrogen-bond donors (Lipinski definition) is 2. The standard InChI is InChI=1S/C22H20N4O2S/c27-22(25-17-13-24-8-7-18(17)26-11-9-23-10-12-26)21-6-5-20(29-21)16-14-28-19-4-2-1-3-15(16)19/h1-8,13-14,23H,9-12H2,(H,25,27). The Labute approximate surface area is 172 Å². The van der Waals surface area contributed by atoms with Gasteiger partial charge in [-0.3, -0.25) is 9.78 Å². The van der Waals surface area contributed by atoms with Gasteiger partial charge in [0.15, 0.2) is 0 Å². The lowest BCUT2D eigenvalue weighted by atomic mass is 10.1. The maximum absolute atomic E-state index is 12.9. The molecule has 0 unspecified atom stereocenters. The molecule has 146 valence electrons. The number of hydrogen-bond acceptors (Lipinski definition) is 6. The van der Waals surface area contributed by atoms with Crippen molar-refractivity contribution in [1.82, 2.24) is 10.3 Å². The van der Waals surface area contributed by atoms with E-state index in [-0.39, 0.29) is 5.91 Å². The van der Waals surface area contributed by atoms with Crippen LogP contribution in [-0.4, -0.2) is 37.1 Å². The Morgan fingerprint density at radius 3 is 2.90 bits per heavy atom. The van der Waals surface area contributed by atoms with Crippen molar-refractivity contribution < 1.29 is 9.21 Å². The zero-order chi connectivity index (χ0) is 19.6. The number of amides is 1. The molecule has 1 aliphatic heterocycles. The molecule has 1 saturated heterocycles. The smallest absolute Gasteiger partial charge is 0.265 e. The van der Waals surface area contributed by atoms with E-state index in [1.165, 1.54) is 11.3 Å². The Bertz CT molecular complexity index is 1160. The Morgan fingerprint density at radius 2 is 2.00 bits per heavy atom. The van der Waals surface area contributed by atoms with E-state index in [9.17, 15) is 4.79 Å². The van der Waals surface area contributed by atoms with E-state index in [1.807, 2.05) is 42.5 Å². The van der Waals surface area contributed by atoms with Gasteiger partial charge in [-0.1, -0.05) is 18.2 Å². The molecule has 1 fully saturated rings. The molecule has 0 saturated carbocycles. The predicted molar refractivity (Wildman–Crippen MR) is 117 cm³/mol. The second-order valence-electron chi connectivity index (χ2n) is 6.89. The fourth-order valence-corrected chi connectivity index (χ4v) is 4.54. The van der Waals surface area contributed by atoms with Crippen LogP contribution in [0.3, 0.4) is 0 Å². The van der Waals surface area contributed by atoms with Crippen molar-refractivity contribution >= 4 is 39.6 Å². The molecular formula is C22H20N4O2S. The third-order valence-corrected chi connectivity index (χ3v) is 6.20. The fourth-order valence-electron chi connectivity index (χ4n) is 3.62. The van der Waals surface area contributed by atoms with Crippen LogP contribution in [0.1, 0.15) is 9.67 Å². The highest BCUT2D eigenvalue weighted by molar-refractivity contribution is 7.17. The first-order chi connectivity index (χ1) is 14.3. The number of thiophene rings is 1. The second kappa shape index (κ2) is 7.69. The molecule has 1 aliphatic rings. The molecule has 5 rings (SSSR count). The second-order valence-corrected chi connectivity index (χ2v) is 7.98. The lowest BCUT2D eigenvalue weighted by Crippen LogP contribution is -2.43. The van der Waals surface area contributed by atoms with E-state index in [4.69, 9.17) is 4.42 Å². The van der Waals surface area contributed by atoms with E-state index in [0.717, 1.165) is 59.0 Å². The number of benzene rings is 1. The van der Waals surface area contributed by atoms with Crippen molar-refractivity contribution in [2.45, 2.75) is 0 Å². The van der Waals surface area contributed by atoms with Gasteiger partial charge in [0.25, 0.3) is 5.91 Å². The maximum Gasteiger partial charge on any atom is 0.265 e. The fraction of sp³-hybridized carbons (Fsp3) is 0.182. The summed E-state index contributed by atoms with van der Waals surface area (Å²) in [6, 6.07) is 13.7. The monoisotopic (exact) mass is 404 g/mol. The number of carbonyl (C=O) groups is 1. The van der Waals surface area contributed by atoms with Crippen LogP contribution < -0.4 is 15.5 Å². The van der Waals surface area contributed by atoms with Gasteiger partial charge >= 0.3 is 0 Å². The number of para-hydroxylation sites is 1. The molecule has 0 radical (unpaired) electrons. The van der Waals surface area contributed by atoms with Crippen molar-refractivity contribution in [3.63, 3.8) is 0 Å². The molecular weight excluding hydrogens is 384 g/mol. The molecule has 1 amide bonds. The van der Waals surface area contributed by atoms with Crippen molar-refractivity contribution in [2.75, 3.05) is 36.4 Å². The van der Waals surface area contributed by atoms with Crippen LogP contribution in [-0.2, 0) is 0 Å². The van der Waals surface area contributed by atoms with E-state index in [2.05, 4.69) is 20.5 Å². The van der Waals surface area contributed by atoms with Gasteiger partial charge in [0.05, 0.1) is 22.4 Å². The Morgan fingerprint density at radius 1 is 1.14 bits per heavy atom. The van der Waals surface area contributed by atoms with Gasteiger partial charge in [0.1, 0.15) is 11.8 Å². The molecule has 0 bridgehead atoms. The summed E-state index contributed by atoms with van der Waals surface area (Å²) in [4.78, 5) is 21.0. The SMILES string of the molecule is O=C(Nc1cnccc1N1CCNCC1)c1ccc(-c2coc3ccccc23)s1. The number of nitrogens with one attached hydrogen (secondary N) is 2. The number of carbonyl (C=O) groups excluding carboxylic acids is 1. The van der Waals surface area contributed by atoms with E-state index < -0.39 is 0 Å². The molecule has 4 heterocycles. The number of anilines is 2. The molecule has 1 aromatic carbocycles. The minimum Gasteiger partial charge on any atom is -0.464 e. The number of piperazine rings is 1. The van der Waals surface area contributed by atoms with Gasteiger partial charge in [-0.05, 0) is 24.3 Å². The molecule has 2 N–H and O–H groups in total. The molecule has 6 nitrogen and oxygen atoms in total. The Balaban J connectivity index is 1.39.